The summed E-state index contributed by atoms with van der Waals surface area (Å²) in [6.07, 6.45) is 2.34. The number of nitrogens with zero attached hydrogens (tertiary/aromatic N) is 3. The Kier molecular flexibility index (Phi) is 10.5. The Labute approximate surface area is 450 Å². The Morgan fingerprint density at radius 1 is 0.493 bits per heavy atom. The van der Waals surface area contributed by atoms with Crippen LogP contribution in [-0.4, -0.2) is 11.3 Å². The molecular weight excluding hydrogens is 906 g/mol. The summed E-state index contributed by atoms with van der Waals surface area (Å²) in [6.45, 7) is 45.3. The van der Waals surface area contributed by atoms with Crippen molar-refractivity contribution in [2.75, 3.05) is 9.80 Å². The normalized spacial score (nSPS) is 16.6. The van der Waals surface area contributed by atoms with Crippen LogP contribution >= 0.6 is 0 Å². The zero-order valence-corrected chi connectivity index (χ0v) is 48.8. The minimum Gasteiger partial charge on any atom is -0.311 e. The van der Waals surface area contributed by atoms with Gasteiger partial charge < -0.3 is 14.4 Å². The molecule has 0 N–H and O–H groups in total. The van der Waals surface area contributed by atoms with Crippen LogP contribution in [0.25, 0.3) is 27.8 Å². The number of anilines is 6. The van der Waals surface area contributed by atoms with Gasteiger partial charge in [0.1, 0.15) is 0 Å². The SMILES string of the molecule is Cc1cc2c3c(c1)-n1c4c(c5cc(C(C)(C)C)cc(c51)B3c1ccc(N(c3ccc(C(C)(C)C)cc3C)c3ccc(C(C)(C)C)cc3C)cc1N2c1cc2c(cc1C)C(C)(C)CCC2(C)C)C(C)(C)c1ccccc1-4. The lowest BCUT2D eigenvalue weighted by molar-refractivity contribution is 0.332. The number of hydrogen-bond acceptors (Lipinski definition) is 2. The van der Waals surface area contributed by atoms with Crippen molar-refractivity contribution < 1.29 is 0 Å². The third-order valence-corrected chi connectivity index (χ3v) is 18.6. The molecule has 0 amide bonds. The van der Waals surface area contributed by atoms with Gasteiger partial charge in [0.15, 0.2) is 0 Å². The third-order valence-electron chi connectivity index (χ3n) is 18.6. The topological polar surface area (TPSA) is 11.4 Å². The van der Waals surface area contributed by atoms with Gasteiger partial charge in [0.2, 0.25) is 0 Å². The molecule has 0 atom stereocenters. The van der Waals surface area contributed by atoms with Crippen LogP contribution in [0.4, 0.5) is 34.1 Å². The van der Waals surface area contributed by atoms with E-state index in [4.69, 9.17) is 0 Å². The molecule has 0 saturated carbocycles. The predicted octanol–water partition coefficient (Wildman–Crippen LogP) is 17.5. The minimum absolute atomic E-state index is 0.00366. The quantitative estimate of drug-likeness (QED) is 0.163. The number of fused-ring (bicyclic) bond motifs is 10. The molecule has 12 rings (SSSR count). The van der Waals surface area contributed by atoms with Crippen molar-refractivity contribution >= 4 is 68.1 Å². The highest BCUT2D eigenvalue weighted by Gasteiger charge is 2.48. The Hall–Kier alpha value is -6.26. The molecule has 0 spiro atoms. The summed E-state index contributed by atoms with van der Waals surface area (Å²) in [5.74, 6) is 0. The molecule has 2 aliphatic heterocycles. The number of benzene rings is 7. The first-order valence-corrected chi connectivity index (χ1v) is 28.1. The van der Waals surface area contributed by atoms with Crippen molar-refractivity contribution in [3.05, 3.63) is 176 Å². The zero-order valence-electron chi connectivity index (χ0n) is 48.8. The second-order valence-electron chi connectivity index (χ2n) is 28.5. The van der Waals surface area contributed by atoms with Crippen molar-refractivity contribution in [2.24, 2.45) is 0 Å². The van der Waals surface area contributed by atoms with E-state index in [1.54, 1.807) is 0 Å². The molecule has 1 aromatic heterocycles. The fourth-order valence-electron chi connectivity index (χ4n) is 14.1. The summed E-state index contributed by atoms with van der Waals surface area (Å²) in [7, 11) is 0. The zero-order chi connectivity index (χ0) is 53.6. The maximum Gasteiger partial charge on any atom is 0.252 e. The number of rotatable bonds is 4. The van der Waals surface area contributed by atoms with E-state index >= 15 is 0 Å². The van der Waals surface area contributed by atoms with Gasteiger partial charge in [0.05, 0.1) is 5.69 Å². The van der Waals surface area contributed by atoms with E-state index in [2.05, 4.69) is 261 Å². The molecule has 4 heteroatoms. The van der Waals surface area contributed by atoms with E-state index < -0.39 is 0 Å². The summed E-state index contributed by atoms with van der Waals surface area (Å²) < 4.78 is 2.72. The molecule has 8 aromatic rings. The van der Waals surface area contributed by atoms with Crippen LogP contribution < -0.4 is 26.2 Å². The summed E-state index contributed by atoms with van der Waals surface area (Å²) in [6, 6.07) is 46.5. The van der Waals surface area contributed by atoms with Gasteiger partial charge in [-0.25, -0.2) is 0 Å². The van der Waals surface area contributed by atoms with Gasteiger partial charge in [-0.2, -0.15) is 0 Å². The van der Waals surface area contributed by atoms with E-state index in [1.807, 2.05) is 0 Å². The molecule has 7 aromatic carbocycles. The average molecular weight is 986 g/mol. The molecular formula is C71H80BN3. The van der Waals surface area contributed by atoms with Crippen LogP contribution in [0.1, 0.15) is 178 Å². The molecule has 0 radical (unpaired) electrons. The summed E-state index contributed by atoms with van der Waals surface area (Å²) in [5.41, 5.74) is 31.9. The van der Waals surface area contributed by atoms with Gasteiger partial charge >= 0.3 is 0 Å². The van der Waals surface area contributed by atoms with Crippen molar-refractivity contribution in [2.45, 2.75) is 177 Å². The molecule has 0 saturated heterocycles. The molecule has 0 bridgehead atoms. The maximum absolute atomic E-state index is 2.72. The highest BCUT2D eigenvalue weighted by atomic mass is 15.2. The van der Waals surface area contributed by atoms with Gasteiger partial charge in [-0.15, -0.1) is 0 Å². The van der Waals surface area contributed by atoms with Crippen LogP contribution in [0.2, 0.25) is 0 Å². The Morgan fingerprint density at radius 2 is 1.07 bits per heavy atom. The molecule has 0 unspecified atom stereocenters. The first-order chi connectivity index (χ1) is 35.0. The molecule has 3 heterocycles. The highest BCUT2D eigenvalue weighted by Crippen LogP contribution is 2.56. The summed E-state index contributed by atoms with van der Waals surface area (Å²) in [5, 5.41) is 1.40. The monoisotopic (exact) mass is 986 g/mol. The van der Waals surface area contributed by atoms with Crippen molar-refractivity contribution in [3.8, 4) is 16.9 Å². The van der Waals surface area contributed by atoms with Gasteiger partial charge in [0, 0.05) is 61.7 Å². The lowest BCUT2D eigenvalue weighted by Crippen LogP contribution is -2.60. The second-order valence-corrected chi connectivity index (χ2v) is 28.5. The fraction of sp³-hybridized carbons (Fsp3) is 0.380. The van der Waals surface area contributed by atoms with Crippen molar-refractivity contribution in [1.29, 1.82) is 0 Å². The largest absolute Gasteiger partial charge is 0.311 e. The van der Waals surface area contributed by atoms with E-state index in [0.29, 0.717) is 0 Å². The van der Waals surface area contributed by atoms with Crippen LogP contribution in [-0.2, 0) is 32.5 Å². The van der Waals surface area contributed by atoms with Gasteiger partial charge in [-0.1, -0.05) is 171 Å². The number of hydrogen-bond donors (Lipinski definition) is 0. The number of aryl methyl sites for hydroxylation is 4. The molecule has 2 aliphatic carbocycles. The third kappa shape index (κ3) is 7.27. The second kappa shape index (κ2) is 15.9. The van der Waals surface area contributed by atoms with Gasteiger partial charge in [-0.05, 0) is 194 Å². The maximum atomic E-state index is 2.72. The van der Waals surface area contributed by atoms with Crippen LogP contribution in [0.15, 0.2) is 115 Å². The van der Waals surface area contributed by atoms with Crippen molar-refractivity contribution in [1.82, 2.24) is 4.57 Å². The molecule has 4 aliphatic rings. The fourth-order valence-corrected chi connectivity index (χ4v) is 14.1. The van der Waals surface area contributed by atoms with Crippen LogP contribution in [0.5, 0.6) is 0 Å². The molecule has 382 valence electrons. The first kappa shape index (κ1) is 49.6. The standard InChI is InChI=1S/C71H80BN3/c1-41-32-60-63-61(33-41)75-64-50(62-65(75)49-22-20-21-23-51(49)71(62,18)19)37-47(68(11,12)13)38-55(64)72(63)54-27-26-48(39-59(54)74(60)58-40-53-52(36-44(58)4)69(14,15)30-31-70(53,16)17)73(56-28-24-45(34-42(56)2)66(5,6)7)57-29-25-46(35-43(57)3)67(8,9)10/h20-29,32-40H,30-31H2,1-19H3. The van der Waals surface area contributed by atoms with E-state index in [9.17, 15) is 0 Å². The van der Waals surface area contributed by atoms with E-state index in [1.165, 1.54) is 140 Å². The highest BCUT2D eigenvalue weighted by molar-refractivity contribution is 7.00. The summed E-state index contributed by atoms with van der Waals surface area (Å²) >= 11 is 0. The lowest BCUT2D eigenvalue weighted by atomic mass is 9.33. The predicted molar refractivity (Wildman–Crippen MR) is 325 cm³/mol. The Balaban J connectivity index is 1.21. The summed E-state index contributed by atoms with van der Waals surface area (Å²) in [4.78, 5) is 5.29. The van der Waals surface area contributed by atoms with Gasteiger partial charge in [-0.3, -0.25) is 0 Å². The Bertz CT molecular complexity index is 3690. The smallest absolute Gasteiger partial charge is 0.252 e. The van der Waals surface area contributed by atoms with Crippen LogP contribution in [0, 0.1) is 27.7 Å². The Morgan fingerprint density at radius 3 is 1.65 bits per heavy atom. The van der Waals surface area contributed by atoms with Crippen molar-refractivity contribution in [3.63, 3.8) is 0 Å². The van der Waals surface area contributed by atoms with Crippen LogP contribution in [0.3, 0.4) is 0 Å². The molecule has 0 fully saturated rings. The minimum atomic E-state index is -0.175. The lowest BCUT2D eigenvalue weighted by Gasteiger charge is -2.45. The van der Waals surface area contributed by atoms with E-state index in [-0.39, 0.29) is 39.2 Å². The first-order valence-electron chi connectivity index (χ1n) is 28.1. The average Bonchev–Trinajstić information content (AvgIpc) is 3.98. The molecule has 3 nitrogen and oxygen atoms in total. The number of aromatic nitrogens is 1. The van der Waals surface area contributed by atoms with Gasteiger partial charge in [0.25, 0.3) is 6.71 Å². The molecule has 75 heavy (non-hydrogen) atoms. The van der Waals surface area contributed by atoms with E-state index in [0.717, 1.165) is 12.1 Å².